The third-order valence-electron chi connectivity index (χ3n) is 2.47. The second kappa shape index (κ2) is 5.82. The minimum Gasteiger partial charge on any atom is -0.490 e. The fourth-order valence-corrected chi connectivity index (χ4v) is 1.71. The maximum Gasteiger partial charge on any atom is 0.250 e. The minimum atomic E-state index is -2.34. The van der Waals surface area contributed by atoms with E-state index in [9.17, 15) is 8.78 Å². The van der Waals surface area contributed by atoms with Gasteiger partial charge in [0.15, 0.2) is 11.5 Å². The number of ether oxygens (including phenoxy) is 2. The molecule has 1 heterocycles. The van der Waals surface area contributed by atoms with Gasteiger partial charge in [-0.3, -0.25) is 0 Å². The molecule has 0 aliphatic carbocycles. The summed E-state index contributed by atoms with van der Waals surface area (Å²) in [6, 6.07) is 5.52. The summed E-state index contributed by atoms with van der Waals surface area (Å²) in [7, 11) is 0. The number of alkyl halides is 2. The Morgan fingerprint density at radius 2 is 2.06 bits per heavy atom. The van der Waals surface area contributed by atoms with Crippen LogP contribution in [0.5, 0.6) is 11.5 Å². The van der Waals surface area contributed by atoms with E-state index in [1.54, 1.807) is 0 Å². The van der Waals surface area contributed by atoms with Gasteiger partial charge in [-0.15, -0.1) is 0 Å². The van der Waals surface area contributed by atoms with E-state index >= 15 is 0 Å². The summed E-state index contributed by atoms with van der Waals surface area (Å²) < 4.78 is 35.1. The van der Waals surface area contributed by atoms with E-state index in [4.69, 9.17) is 9.47 Å². The zero-order valence-electron chi connectivity index (χ0n) is 9.42. The van der Waals surface area contributed by atoms with Crippen molar-refractivity contribution in [3.8, 4) is 11.5 Å². The molecule has 1 aliphatic heterocycles. The van der Waals surface area contributed by atoms with Crippen LogP contribution < -0.4 is 14.8 Å². The summed E-state index contributed by atoms with van der Waals surface area (Å²) in [4.78, 5) is 0. The van der Waals surface area contributed by atoms with Gasteiger partial charge in [-0.25, -0.2) is 8.78 Å². The van der Waals surface area contributed by atoms with Crippen molar-refractivity contribution in [2.24, 2.45) is 0 Å². The molecule has 0 bridgehead atoms. The first-order valence-corrected chi connectivity index (χ1v) is 5.63. The van der Waals surface area contributed by atoms with Gasteiger partial charge in [-0.1, -0.05) is 12.1 Å². The van der Waals surface area contributed by atoms with Crippen molar-refractivity contribution in [3.63, 3.8) is 0 Å². The molecular weight excluding hydrogens is 228 g/mol. The van der Waals surface area contributed by atoms with Gasteiger partial charge in [-0.05, 0) is 6.07 Å². The van der Waals surface area contributed by atoms with Crippen molar-refractivity contribution in [2.45, 2.75) is 19.4 Å². The van der Waals surface area contributed by atoms with Crippen LogP contribution in [-0.4, -0.2) is 26.2 Å². The standard InChI is InChI=1S/C12H15F2NO2/c13-11(14)8-15-7-9-3-1-4-10-12(9)17-6-2-5-16-10/h1,3-4,11,15H,2,5-8H2. The molecule has 0 unspecified atom stereocenters. The summed E-state index contributed by atoms with van der Waals surface area (Å²) in [5.41, 5.74) is 0.852. The maximum absolute atomic E-state index is 12.0. The molecule has 94 valence electrons. The van der Waals surface area contributed by atoms with Gasteiger partial charge in [0.1, 0.15) is 0 Å². The van der Waals surface area contributed by atoms with Crippen molar-refractivity contribution in [1.29, 1.82) is 0 Å². The molecule has 0 fully saturated rings. The Balaban J connectivity index is 2.06. The van der Waals surface area contributed by atoms with E-state index in [-0.39, 0.29) is 6.54 Å². The Hall–Kier alpha value is -1.36. The normalized spacial score (nSPS) is 14.8. The van der Waals surface area contributed by atoms with Crippen LogP contribution in [0, 0.1) is 0 Å². The lowest BCUT2D eigenvalue weighted by molar-refractivity contribution is 0.145. The van der Waals surface area contributed by atoms with Gasteiger partial charge in [0.05, 0.1) is 19.8 Å². The van der Waals surface area contributed by atoms with Gasteiger partial charge in [0, 0.05) is 18.5 Å². The van der Waals surface area contributed by atoms with Crippen molar-refractivity contribution < 1.29 is 18.3 Å². The Morgan fingerprint density at radius 1 is 1.24 bits per heavy atom. The van der Waals surface area contributed by atoms with Crippen molar-refractivity contribution in [1.82, 2.24) is 5.32 Å². The highest BCUT2D eigenvalue weighted by atomic mass is 19.3. The molecule has 0 saturated heterocycles. The molecule has 0 aromatic heterocycles. The van der Waals surface area contributed by atoms with Crippen LogP contribution in [-0.2, 0) is 6.54 Å². The molecule has 1 aromatic carbocycles. The average molecular weight is 243 g/mol. The summed E-state index contributed by atoms with van der Waals surface area (Å²) >= 11 is 0. The molecule has 0 saturated carbocycles. The monoisotopic (exact) mass is 243 g/mol. The fourth-order valence-electron chi connectivity index (χ4n) is 1.71. The first-order valence-electron chi connectivity index (χ1n) is 5.63. The van der Waals surface area contributed by atoms with Gasteiger partial charge in [0.2, 0.25) is 0 Å². The zero-order chi connectivity index (χ0) is 12.1. The summed E-state index contributed by atoms with van der Waals surface area (Å²) in [5.74, 6) is 1.37. The second-order valence-electron chi connectivity index (χ2n) is 3.82. The molecular formula is C12H15F2NO2. The predicted molar refractivity (Wildman–Crippen MR) is 59.8 cm³/mol. The van der Waals surface area contributed by atoms with E-state index < -0.39 is 6.43 Å². The summed E-state index contributed by atoms with van der Waals surface area (Å²) in [6.45, 7) is 1.27. The highest BCUT2D eigenvalue weighted by Crippen LogP contribution is 2.33. The minimum absolute atomic E-state index is 0.315. The molecule has 0 radical (unpaired) electrons. The second-order valence-corrected chi connectivity index (χ2v) is 3.82. The maximum atomic E-state index is 12.0. The Labute approximate surface area is 98.7 Å². The SMILES string of the molecule is FC(F)CNCc1cccc2c1OCCCO2. The largest absolute Gasteiger partial charge is 0.490 e. The Kier molecular flexibility index (Phi) is 4.14. The van der Waals surface area contributed by atoms with Crippen LogP contribution in [0.2, 0.25) is 0 Å². The van der Waals surface area contributed by atoms with Gasteiger partial charge in [-0.2, -0.15) is 0 Å². The lowest BCUT2D eigenvalue weighted by atomic mass is 10.2. The van der Waals surface area contributed by atoms with Gasteiger partial charge >= 0.3 is 0 Å². The third kappa shape index (κ3) is 3.30. The zero-order valence-corrected chi connectivity index (χ0v) is 9.42. The number of hydrogen-bond acceptors (Lipinski definition) is 3. The average Bonchev–Trinajstić information content (AvgIpc) is 2.54. The van der Waals surface area contributed by atoms with E-state index in [1.165, 1.54) is 0 Å². The molecule has 0 atom stereocenters. The lowest BCUT2D eigenvalue weighted by Crippen LogP contribution is -2.21. The van der Waals surface area contributed by atoms with E-state index in [0.717, 1.165) is 12.0 Å². The molecule has 1 aliphatic rings. The molecule has 0 spiro atoms. The topological polar surface area (TPSA) is 30.5 Å². The molecule has 1 aromatic rings. The molecule has 2 rings (SSSR count). The molecule has 1 N–H and O–H groups in total. The van der Waals surface area contributed by atoms with Crippen LogP contribution in [0.1, 0.15) is 12.0 Å². The first kappa shape index (κ1) is 12.1. The van der Waals surface area contributed by atoms with E-state index in [0.29, 0.717) is 31.3 Å². The van der Waals surface area contributed by atoms with Gasteiger partial charge < -0.3 is 14.8 Å². The van der Waals surface area contributed by atoms with Crippen molar-refractivity contribution in [2.75, 3.05) is 19.8 Å². The highest BCUT2D eigenvalue weighted by molar-refractivity contribution is 5.46. The van der Waals surface area contributed by atoms with Crippen molar-refractivity contribution in [3.05, 3.63) is 23.8 Å². The lowest BCUT2D eigenvalue weighted by Gasteiger charge is -2.12. The van der Waals surface area contributed by atoms with E-state index in [1.807, 2.05) is 18.2 Å². The number of halogens is 2. The molecule has 3 nitrogen and oxygen atoms in total. The van der Waals surface area contributed by atoms with Gasteiger partial charge in [0.25, 0.3) is 6.43 Å². The molecule has 17 heavy (non-hydrogen) atoms. The Bertz CT molecular complexity index is 372. The Morgan fingerprint density at radius 3 is 2.88 bits per heavy atom. The van der Waals surface area contributed by atoms with Crippen LogP contribution in [0.4, 0.5) is 8.78 Å². The molecule has 5 heteroatoms. The van der Waals surface area contributed by atoms with Crippen LogP contribution in [0.3, 0.4) is 0 Å². The first-order chi connectivity index (χ1) is 8.27. The predicted octanol–water partition coefficient (Wildman–Crippen LogP) is 2.20. The quantitative estimate of drug-likeness (QED) is 0.879. The van der Waals surface area contributed by atoms with Crippen LogP contribution in [0.15, 0.2) is 18.2 Å². The number of rotatable bonds is 4. The van der Waals surface area contributed by atoms with Crippen molar-refractivity contribution >= 4 is 0 Å². The van der Waals surface area contributed by atoms with E-state index in [2.05, 4.69) is 5.32 Å². The third-order valence-corrected chi connectivity index (χ3v) is 2.47. The number of hydrogen-bond donors (Lipinski definition) is 1. The smallest absolute Gasteiger partial charge is 0.250 e. The highest BCUT2D eigenvalue weighted by Gasteiger charge is 2.14. The summed E-state index contributed by atoms with van der Waals surface area (Å²) in [6.07, 6.45) is -1.51. The van der Waals surface area contributed by atoms with Crippen LogP contribution in [0.25, 0.3) is 0 Å². The van der Waals surface area contributed by atoms with Crippen LogP contribution >= 0.6 is 0 Å². The number of nitrogens with one attached hydrogen (secondary N) is 1. The summed E-state index contributed by atoms with van der Waals surface area (Å²) in [5, 5.41) is 2.69. The molecule has 0 amide bonds. The number of para-hydroxylation sites is 1. The fraction of sp³-hybridized carbons (Fsp3) is 0.500. The number of benzene rings is 1. The number of fused-ring (bicyclic) bond motifs is 1.